The normalized spacial score (nSPS) is 10.4. The Kier molecular flexibility index (Phi) is 3.04. The van der Waals surface area contributed by atoms with Gasteiger partial charge in [0.1, 0.15) is 0 Å². The zero-order valence-corrected chi connectivity index (χ0v) is 6.83. The highest BCUT2D eigenvalue weighted by Crippen LogP contribution is 1.98. The van der Waals surface area contributed by atoms with Crippen LogP contribution in [-0.4, -0.2) is 23.9 Å². The predicted molar refractivity (Wildman–Crippen MR) is 39.3 cm³/mol. The quantitative estimate of drug-likeness (QED) is 0.647. The van der Waals surface area contributed by atoms with Gasteiger partial charge in [0.2, 0.25) is 5.89 Å². The molecule has 4 nitrogen and oxygen atoms in total. The Morgan fingerprint density at radius 1 is 1.55 bits per heavy atom. The van der Waals surface area contributed by atoms with Crippen molar-refractivity contribution in [2.45, 2.75) is 19.8 Å². The zero-order chi connectivity index (χ0) is 8.10. The van der Waals surface area contributed by atoms with Gasteiger partial charge in [-0.05, 0) is 0 Å². The fourth-order valence-corrected chi connectivity index (χ4v) is 0.729. The third-order valence-corrected chi connectivity index (χ3v) is 1.34. The molecule has 0 aliphatic carbocycles. The molecule has 4 heteroatoms. The minimum atomic E-state index is 0.642. The van der Waals surface area contributed by atoms with E-state index in [9.17, 15) is 0 Å². The number of aromatic nitrogens is 2. The molecule has 0 aliphatic rings. The maximum absolute atomic E-state index is 4.89. The number of hydrogen-bond donors (Lipinski definition) is 0. The maximum Gasteiger partial charge on any atom is 0.226 e. The first kappa shape index (κ1) is 8.20. The Balaban J connectivity index is 2.44. The second-order valence-corrected chi connectivity index (χ2v) is 2.20. The van der Waals surface area contributed by atoms with Gasteiger partial charge < -0.3 is 9.26 Å². The van der Waals surface area contributed by atoms with Gasteiger partial charge in [0.05, 0.1) is 6.61 Å². The number of ether oxygens (including phenoxy) is 1. The van der Waals surface area contributed by atoms with E-state index in [1.165, 1.54) is 0 Å². The van der Waals surface area contributed by atoms with E-state index >= 15 is 0 Å². The lowest BCUT2D eigenvalue weighted by atomic mass is 10.4. The molecule has 0 bridgehead atoms. The molecule has 11 heavy (non-hydrogen) atoms. The fourth-order valence-electron chi connectivity index (χ4n) is 0.729. The first-order valence-electron chi connectivity index (χ1n) is 3.67. The van der Waals surface area contributed by atoms with Gasteiger partial charge in [-0.25, -0.2) is 0 Å². The van der Waals surface area contributed by atoms with Crippen molar-refractivity contribution in [3.05, 3.63) is 11.7 Å². The van der Waals surface area contributed by atoms with E-state index in [-0.39, 0.29) is 0 Å². The van der Waals surface area contributed by atoms with E-state index in [4.69, 9.17) is 9.26 Å². The van der Waals surface area contributed by atoms with E-state index in [1.54, 1.807) is 7.11 Å². The van der Waals surface area contributed by atoms with Gasteiger partial charge in [-0.2, -0.15) is 4.98 Å². The van der Waals surface area contributed by atoms with Crippen molar-refractivity contribution in [3.8, 4) is 0 Å². The molecule has 0 unspecified atom stereocenters. The summed E-state index contributed by atoms with van der Waals surface area (Å²) in [4.78, 5) is 4.11. The van der Waals surface area contributed by atoms with Crippen LogP contribution in [0.4, 0.5) is 0 Å². The van der Waals surface area contributed by atoms with Crippen molar-refractivity contribution < 1.29 is 9.26 Å². The molecule has 0 radical (unpaired) electrons. The summed E-state index contributed by atoms with van der Waals surface area (Å²) in [6.45, 7) is 2.62. The topological polar surface area (TPSA) is 48.2 Å². The average Bonchev–Trinajstić information content (AvgIpc) is 2.48. The summed E-state index contributed by atoms with van der Waals surface area (Å²) >= 11 is 0. The molecule has 0 fully saturated rings. The number of methoxy groups -OCH3 is 1. The van der Waals surface area contributed by atoms with Crippen LogP contribution in [0.15, 0.2) is 4.52 Å². The molecule has 1 aromatic heterocycles. The first-order chi connectivity index (χ1) is 5.36. The monoisotopic (exact) mass is 156 g/mol. The van der Waals surface area contributed by atoms with Crippen LogP contribution in [0.3, 0.4) is 0 Å². The van der Waals surface area contributed by atoms with Crippen LogP contribution in [0.25, 0.3) is 0 Å². The molecular formula is C7H12N2O2. The number of rotatable bonds is 4. The van der Waals surface area contributed by atoms with Gasteiger partial charge in [0.25, 0.3) is 0 Å². The number of aryl methyl sites for hydroxylation is 1. The largest absolute Gasteiger partial charge is 0.384 e. The molecule has 1 rings (SSSR count). The summed E-state index contributed by atoms with van der Waals surface area (Å²) in [5.41, 5.74) is 0. The molecule has 0 saturated carbocycles. The molecule has 0 aliphatic heterocycles. The van der Waals surface area contributed by atoms with Crippen molar-refractivity contribution >= 4 is 0 Å². The summed E-state index contributed by atoms with van der Waals surface area (Å²) in [5, 5.41) is 3.76. The third kappa shape index (κ3) is 2.31. The number of nitrogens with zero attached hydrogens (tertiary/aromatic N) is 2. The second-order valence-electron chi connectivity index (χ2n) is 2.20. The summed E-state index contributed by atoms with van der Waals surface area (Å²) in [5.74, 6) is 1.42. The Hall–Kier alpha value is -0.900. The second kappa shape index (κ2) is 4.08. The molecule has 0 N–H and O–H groups in total. The maximum atomic E-state index is 4.89. The van der Waals surface area contributed by atoms with Crippen molar-refractivity contribution in [1.29, 1.82) is 0 Å². The van der Waals surface area contributed by atoms with Crippen LogP contribution >= 0.6 is 0 Å². The first-order valence-corrected chi connectivity index (χ1v) is 3.67. The lowest BCUT2D eigenvalue weighted by Gasteiger charge is -1.89. The predicted octanol–water partition coefficient (Wildman–Crippen LogP) is 0.821. The van der Waals surface area contributed by atoms with Crippen LogP contribution in [0.5, 0.6) is 0 Å². The molecule has 62 valence electrons. The van der Waals surface area contributed by atoms with Crippen molar-refractivity contribution in [2.24, 2.45) is 0 Å². The Morgan fingerprint density at radius 2 is 2.36 bits per heavy atom. The Labute approximate surface area is 65.6 Å². The Morgan fingerprint density at radius 3 is 2.91 bits per heavy atom. The van der Waals surface area contributed by atoms with Gasteiger partial charge >= 0.3 is 0 Å². The standard InChI is InChI=1S/C7H12N2O2/c1-3-7-8-6(9-11-7)4-5-10-2/h3-5H2,1-2H3. The van der Waals surface area contributed by atoms with Crippen molar-refractivity contribution in [3.63, 3.8) is 0 Å². The molecule has 0 atom stereocenters. The van der Waals surface area contributed by atoms with Crippen molar-refractivity contribution in [1.82, 2.24) is 10.1 Å². The van der Waals surface area contributed by atoms with E-state index in [1.807, 2.05) is 6.92 Å². The van der Waals surface area contributed by atoms with Gasteiger partial charge in [-0.15, -0.1) is 0 Å². The molecule has 0 amide bonds. The van der Waals surface area contributed by atoms with E-state index in [2.05, 4.69) is 10.1 Å². The third-order valence-electron chi connectivity index (χ3n) is 1.34. The van der Waals surface area contributed by atoms with E-state index in [0.29, 0.717) is 12.5 Å². The average molecular weight is 156 g/mol. The molecule has 0 aromatic carbocycles. The van der Waals surface area contributed by atoms with E-state index < -0.39 is 0 Å². The van der Waals surface area contributed by atoms with Crippen LogP contribution in [0, 0.1) is 0 Å². The minimum absolute atomic E-state index is 0.642. The van der Waals surface area contributed by atoms with Crippen LogP contribution in [0.2, 0.25) is 0 Å². The highest BCUT2D eigenvalue weighted by Gasteiger charge is 2.02. The molecule has 1 heterocycles. The Bertz CT molecular complexity index is 210. The summed E-state index contributed by atoms with van der Waals surface area (Å²) in [6.07, 6.45) is 1.51. The van der Waals surface area contributed by atoms with Crippen LogP contribution < -0.4 is 0 Å². The highest BCUT2D eigenvalue weighted by atomic mass is 16.5. The molecular weight excluding hydrogens is 144 g/mol. The van der Waals surface area contributed by atoms with Crippen molar-refractivity contribution in [2.75, 3.05) is 13.7 Å². The van der Waals surface area contributed by atoms with Gasteiger partial charge in [-0.3, -0.25) is 0 Å². The minimum Gasteiger partial charge on any atom is -0.384 e. The lowest BCUT2D eigenvalue weighted by Crippen LogP contribution is -1.96. The lowest BCUT2D eigenvalue weighted by molar-refractivity contribution is 0.199. The molecule has 0 spiro atoms. The summed E-state index contributed by atoms with van der Waals surface area (Å²) < 4.78 is 9.76. The SMILES string of the molecule is CCc1nc(CCOC)no1. The number of hydrogen-bond acceptors (Lipinski definition) is 4. The van der Waals surface area contributed by atoms with Crippen LogP contribution in [0.1, 0.15) is 18.6 Å². The van der Waals surface area contributed by atoms with Crippen LogP contribution in [-0.2, 0) is 17.6 Å². The summed E-state index contributed by atoms with van der Waals surface area (Å²) in [6, 6.07) is 0. The molecule has 0 saturated heterocycles. The fraction of sp³-hybridized carbons (Fsp3) is 0.714. The van der Waals surface area contributed by atoms with E-state index in [0.717, 1.165) is 18.7 Å². The van der Waals surface area contributed by atoms with Gasteiger partial charge in [0, 0.05) is 20.0 Å². The highest BCUT2D eigenvalue weighted by molar-refractivity contribution is 4.85. The zero-order valence-electron chi connectivity index (χ0n) is 6.83. The van der Waals surface area contributed by atoms with Gasteiger partial charge in [0.15, 0.2) is 5.82 Å². The smallest absolute Gasteiger partial charge is 0.226 e. The van der Waals surface area contributed by atoms with Gasteiger partial charge in [-0.1, -0.05) is 12.1 Å². The summed E-state index contributed by atoms with van der Waals surface area (Å²) in [7, 11) is 1.65. The molecule has 1 aromatic rings.